The molecule has 24 heavy (non-hydrogen) atoms. The van der Waals surface area contributed by atoms with Gasteiger partial charge in [0.2, 0.25) is 0 Å². The predicted octanol–water partition coefficient (Wildman–Crippen LogP) is 3.86. The maximum absolute atomic E-state index is 12.7. The first kappa shape index (κ1) is 21.6. The Kier molecular flexibility index (Phi) is 7.51. The highest BCUT2D eigenvalue weighted by molar-refractivity contribution is 6.32. The van der Waals surface area contributed by atoms with E-state index >= 15 is 0 Å². The number of esters is 1. The largest absolute Gasteiger partial charge is 0.459 e. The van der Waals surface area contributed by atoms with Gasteiger partial charge in [0, 0.05) is 13.2 Å². The number of carbonyl (C=O) groups excluding carboxylic acids is 1. The highest BCUT2D eigenvalue weighted by atomic mass is 28.2. The molecule has 0 atom stereocenters. The van der Waals surface area contributed by atoms with E-state index in [2.05, 4.69) is 27.7 Å². The fourth-order valence-electron chi connectivity index (χ4n) is 2.88. The first-order chi connectivity index (χ1) is 10.9. The zero-order valence-corrected chi connectivity index (χ0v) is 18.4. The van der Waals surface area contributed by atoms with E-state index in [4.69, 9.17) is 13.9 Å². The molecule has 0 saturated heterocycles. The Morgan fingerprint density at radius 3 is 2.12 bits per heavy atom. The standard InChI is InChI=1S/C19H38O4Si/c1-14(2)18(6,7)24-23-15-9-11-19(12-10-15,13-21-8)16(20)22-17(3,4)5/h14-15H,9-13,24H2,1-8H3. The van der Waals surface area contributed by atoms with Crippen molar-refractivity contribution in [3.63, 3.8) is 0 Å². The fraction of sp³-hybridized carbons (Fsp3) is 0.947. The average molecular weight is 359 g/mol. The SMILES string of the molecule is COCC1(C(=O)OC(C)(C)C)CCC(O[SiH2]C(C)(C)C(C)C)CC1. The summed E-state index contributed by atoms with van der Waals surface area (Å²) in [6.45, 7) is 15.3. The van der Waals surface area contributed by atoms with Gasteiger partial charge in [0.1, 0.15) is 5.60 Å². The Labute approximate surface area is 151 Å². The lowest BCUT2D eigenvalue weighted by atomic mass is 9.73. The summed E-state index contributed by atoms with van der Waals surface area (Å²) in [7, 11) is 1.06. The molecule has 1 saturated carbocycles. The summed E-state index contributed by atoms with van der Waals surface area (Å²) in [5, 5.41) is 0.312. The van der Waals surface area contributed by atoms with E-state index in [1.54, 1.807) is 7.11 Å². The van der Waals surface area contributed by atoms with Crippen molar-refractivity contribution in [2.45, 2.75) is 90.9 Å². The minimum absolute atomic E-state index is 0.116. The molecule has 5 heteroatoms. The van der Waals surface area contributed by atoms with Crippen LogP contribution in [0.5, 0.6) is 0 Å². The first-order valence-corrected chi connectivity index (χ1v) is 10.5. The van der Waals surface area contributed by atoms with E-state index in [1.165, 1.54) is 0 Å². The van der Waals surface area contributed by atoms with E-state index in [0.717, 1.165) is 25.7 Å². The van der Waals surface area contributed by atoms with Gasteiger partial charge in [-0.15, -0.1) is 0 Å². The van der Waals surface area contributed by atoms with Crippen LogP contribution in [0.2, 0.25) is 5.04 Å². The molecule has 1 aliphatic carbocycles. The van der Waals surface area contributed by atoms with Gasteiger partial charge in [-0.2, -0.15) is 0 Å². The molecule has 0 aromatic carbocycles. The number of rotatable bonds is 7. The highest BCUT2D eigenvalue weighted by Crippen LogP contribution is 2.41. The molecule has 4 nitrogen and oxygen atoms in total. The van der Waals surface area contributed by atoms with Crippen molar-refractivity contribution >= 4 is 15.7 Å². The summed E-state index contributed by atoms with van der Waals surface area (Å²) in [5.41, 5.74) is -0.962. The third-order valence-corrected chi connectivity index (χ3v) is 7.59. The first-order valence-electron chi connectivity index (χ1n) is 9.26. The molecule has 0 aliphatic heterocycles. The van der Waals surface area contributed by atoms with Crippen LogP contribution >= 0.6 is 0 Å². The molecule has 0 bridgehead atoms. The molecule has 142 valence electrons. The van der Waals surface area contributed by atoms with Crippen molar-refractivity contribution in [1.82, 2.24) is 0 Å². The smallest absolute Gasteiger partial charge is 0.314 e. The van der Waals surface area contributed by atoms with Crippen LogP contribution < -0.4 is 0 Å². The van der Waals surface area contributed by atoms with Crippen molar-refractivity contribution in [2.24, 2.45) is 11.3 Å². The Balaban J connectivity index is 2.63. The summed E-state index contributed by atoms with van der Waals surface area (Å²) in [4.78, 5) is 12.7. The second-order valence-electron chi connectivity index (χ2n) is 9.37. The molecule has 1 rings (SSSR count). The summed E-state index contributed by atoms with van der Waals surface area (Å²) >= 11 is 0. The molecule has 1 aliphatic rings. The third kappa shape index (κ3) is 6.16. The number of ether oxygens (including phenoxy) is 2. The molecule has 1 fully saturated rings. The maximum Gasteiger partial charge on any atom is 0.314 e. The van der Waals surface area contributed by atoms with E-state index in [1.807, 2.05) is 20.8 Å². The van der Waals surface area contributed by atoms with Crippen molar-refractivity contribution in [3.05, 3.63) is 0 Å². The number of hydrogen-bond acceptors (Lipinski definition) is 4. The van der Waals surface area contributed by atoms with E-state index in [9.17, 15) is 4.79 Å². The van der Waals surface area contributed by atoms with Gasteiger partial charge in [-0.3, -0.25) is 4.79 Å². The highest BCUT2D eigenvalue weighted by Gasteiger charge is 2.45. The van der Waals surface area contributed by atoms with Crippen LogP contribution in [0.25, 0.3) is 0 Å². The van der Waals surface area contributed by atoms with Gasteiger partial charge >= 0.3 is 5.97 Å². The molecule has 0 aromatic heterocycles. The van der Waals surface area contributed by atoms with Crippen LogP contribution in [0.4, 0.5) is 0 Å². The molecule has 0 radical (unpaired) electrons. The second kappa shape index (κ2) is 8.32. The molecular formula is C19H38O4Si. The molecule has 0 unspecified atom stereocenters. The van der Waals surface area contributed by atoms with Gasteiger partial charge in [0.15, 0.2) is 9.76 Å². The third-order valence-electron chi connectivity index (χ3n) is 5.40. The Morgan fingerprint density at radius 1 is 1.17 bits per heavy atom. The van der Waals surface area contributed by atoms with Crippen LogP contribution in [-0.2, 0) is 18.7 Å². The summed E-state index contributed by atoms with van der Waals surface area (Å²) < 4.78 is 17.3. The van der Waals surface area contributed by atoms with Crippen molar-refractivity contribution in [2.75, 3.05) is 13.7 Å². The summed E-state index contributed by atoms with van der Waals surface area (Å²) in [6, 6.07) is 0. The van der Waals surface area contributed by atoms with Gasteiger partial charge in [-0.05, 0) is 57.4 Å². The minimum Gasteiger partial charge on any atom is -0.459 e. The molecule has 0 spiro atoms. The summed E-state index contributed by atoms with van der Waals surface area (Å²) in [6.07, 6.45) is 3.71. The topological polar surface area (TPSA) is 44.8 Å². The summed E-state index contributed by atoms with van der Waals surface area (Å²) in [5.74, 6) is 0.525. The van der Waals surface area contributed by atoms with Crippen LogP contribution in [-0.4, -0.2) is 41.2 Å². The van der Waals surface area contributed by atoms with Gasteiger partial charge in [0.05, 0.1) is 12.0 Å². The normalized spacial score (nSPS) is 26.3. The molecule has 0 heterocycles. The lowest BCUT2D eigenvalue weighted by Crippen LogP contribution is -2.45. The molecule has 0 amide bonds. The quantitative estimate of drug-likeness (QED) is 0.512. The number of carbonyl (C=O) groups is 1. The monoisotopic (exact) mass is 358 g/mol. The second-order valence-corrected chi connectivity index (χ2v) is 11.8. The Morgan fingerprint density at radius 2 is 1.71 bits per heavy atom. The van der Waals surface area contributed by atoms with Gasteiger partial charge in [-0.1, -0.05) is 27.7 Å². The maximum atomic E-state index is 12.7. The molecular weight excluding hydrogens is 320 g/mol. The fourth-order valence-corrected chi connectivity index (χ4v) is 4.21. The van der Waals surface area contributed by atoms with E-state index in [-0.39, 0.29) is 5.97 Å². The van der Waals surface area contributed by atoms with Crippen molar-refractivity contribution in [1.29, 1.82) is 0 Å². The lowest BCUT2D eigenvalue weighted by Gasteiger charge is -2.40. The zero-order chi connectivity index (χ0) is 18.6. The van der Waals surface area contributed by atoms with Crippen LogP contribution in [0.3, 0.4) is 0 Å². The zero-order valence-electron chi connectivity index (χ0n) is 17.0. The van der Waals surface area contributed by atoms with E-state index < -0.39 is 20.8 Å². The predicted molar refractivity (Wildman–Crippen MR) is 101 cm³/mol. The van der Waals surface area contributed by atoms with E-state index in [0.29, 0.717) is 23.7 Å². The Hall–Kier alpha value is -0.393. The van der Waals surface area contributed by atoms with Crippen molar-refractivity contribution in [3.8, 4) is 0 Å². The number of hydrogen-bond donors (Lipinski definition) is 0. The molecule has 0 aromatic rings. The van der Waals surface area contributed by atoms with Gasteiger partial charge in [0.25, 0.3) is 0 Å². The van der Waals surface area contributed by atoms with Crippen LogP contribution in [0.15, 0.2) is 0 Å². The minimum atomic E-state index is -0.595. The lowest BCUT2D eigenvalue weighted by molar-refractivity contribution is -0.175. The van der Waals surface area contributed by atoms with Gasteiger partial charge < -0.3 is 13.9 Å². The molecule has 0 N–H and O–H groups in total. The van der Waals surface area contributed by atoms with Crippen LogP contribution in [0.1, 0.15) is 74.1 Å². The van der Waals surface area contributed by atoms with Gasteiger partial charge in [-0.25, -0.2) is 0 Å². The van der Waals surface area contributed by atoms with Crippen LogP contribution in [0, 0.1) is 11.3 Å². The number of methoxy groups -OCH3 is 1. The average Bonchev–Trinajstić information content (AvgIpc) is 2.45. The van der Waals surface area contributed by atoms with Crippen molar-refractivity contribution < 1.29 is 18.7 Å². The Bertz CT molecular complexity index is 404.